The maximum Gasteiger partial charge on any atom is 0.327 e. The number of hydrogen-bond acceptors (Lipinski definition) is 5. The number of carbonyl (C=O) groups excluding carboxylic acids is 1. The van der Waals surface area contributed by atoms with Crippen LogP contribution in [0.1, 0.15) is 35.5 Å². The van der Waals surface area contributed by atoms with Crippen molar-refractivity contribution in [3.63, 3.8) is 0 Å². The number of furan rings is 1. The zero-order valence-electron chi connectivity index (χ0n) is 24.0. The number of carboxylic acid groups (broad SMARTS) is 1. The first kappa shape index (κ1) is 30.5. The van der Waals surface area contributed by atoms with Crippen LogP contribution in [-0.4, -0.2) is 57.3 Å². The van der Waals surface area contributed by atoms with Crippen LogP contribution in [0.3, 0.4) is 0 Å². The minimum Gasteiger partial charge on any atom is -0.480 e. The zero-order chi connectivity index (χ0) is 30.6. The van der Waals surface area contributed by atoms with Crippen molar-refractivity contribution in [2.75, 3.05) is 30.3 Å². The number of nitrogens with one attached hydrogen (secondary N) is 1. The first-order chi connectivity index (χ1) is 20.0. The Kier molecular flexibility index (Phi) is 9.48. The molecule has 3 aromatic carbocycles. The van der Waals surface area contributed by atoms with Gasteiger partial charge in [0.05, 0.1) is 12.2 Å². The van der Waals surface area contributed by atoms with Crippen LogP contribution in [0.4, 0.5) is 11.4 Å². The van der Waals surface area contributed by atoms with Crippen molar-refractivity contribution in [3.05, 3.63) is 83.6 Å². The van der Waals surface area contributed by atoms with E-state index in [4.69, 9.17) is 4.42 Å². The van der Waals surface area contributed by atoms with E-state index >= 15 is 0 Å². The molecule has 0 bridgehead atoms. The number of aliphatic carboxylic acids is 1. The number of fused-ring (bicyclic) bond motifs is 1. The summed E-state index contributed by atoms with van der Waals surface area (Å²) in [6, 6.07) is 18.4. The summed E-state index contributed by atoms with van der Waals surface area (Å²) >= 11 is -2.52. The molecule has 42 heavy (non-hydrogen) atoms. The summed E-state index contributed by atoms with van der Waals surface area (Å²) in [4.78, 5) is 26.9. The molecule has 1 aromatic heterocycles. The Morgan fingerprint density at radius 1 is 1.00 bits per heavy atom. The number of carbonyl (C=O) groups is 2. The fourth-order valence-corrected chi connectivity index (χ4v) is 5.49. The Hall–Kier alpha value is -4.43. The number of amides is 1. The van der Waals surface area contributed by atoms with Crippen molar-refractivity contribution in [2.24, 2.45) is 5.92 Å². The lowest BCUT2D eigenvalue weighted by Gasteiger charge is -2.29. The standard InChI is InChI=1S/C32H33N3O6S/c1-20(2)29(32(37)38)35(42(39)40)26-17-13-23(14-18-26)22-11-15-25(16-12-22)33-31(36)30-21(3)28-24(9-7-19-34(4)5)8-6-10-27(28)41-30/h6,8,10-18,20,29H,19H2,1-5H3,(H,33,36)(H,37,38)(H,39,40). The van der Waals surface area contributed by atoms with E-state index in [1.807, 2.05) is 56.3 Å². The largest absolute Gasteiger partial charge is 0.480 e. The van der Waals surface area contributed by atoms with Gasteiger partial charge in [-0.25, -0.2) is 9.00 Å². The van der Waals surface area contributed by atoms with E-state index in [-0.39, 0.29) is 11.7 Å². The summed E-state index contributed by atoms with van der Waals surface area (Å²) in [5, 5.41) is 13.3. The highest BCUT2D eigenvalue weighted by Crippen LogP contribution is 2.30. The van der Waals surface area contributed by atoms with E-state index in [1.54, 1.807) is 50.2 Å². The number of carboxylic acids is 1. The predicted molar refractivity (Wildman–Crippen MR) is 166 cm³/mol. The lowest BCUT2D eigenvalue weighted by Crippen LogP contribution is -2.45. The highest BCUT2D eigenvalue weighted by molar-refractivity contribution is 7.80. The van der Waals surface area contributed by atoms with Gasteiger partial charge in [0.1, 0.15) is 11.6 Å². The molecule has 1 heterocycles. The van der Waals surface area contributed by atoms with Gasteiger partial charge in [0, 0.05) is 22.2 Å². The van der Waals surface area contributed by atoms with Gasteiger partial charge in [-0.2, -0.15) is 0 Å². The molecule has 218 valence electrons. The second-order valence-electron chi connectivity index (χ2n) is 10.4. The van der Waals surface area contributed by atoms with E-state index in [0.29, 0.717) is 23.5 Å². The van der Waals surface area contributed by atoms with Gasteiger partial charge in [0.15, 0.2) is 5.76 Å². The van der Waals surface area contributed by atoms with E-state index in [9.17, 15) is 23.5 Å². The summed E-state index contributed by atoms with van der Waals surface area (Å²) in [5.41, 5.74) is 4.67. The predicted octanol–water partition coefficient (Wildman–Crippen LogP) is 5.63. The van der Waals surface area contributed by atoms with Gasteiger partial charge in [-0.1, -0.05) is 56.0 Å². The van der Waals surface area contributed by atoms with Gasteiger partial charge in [0.25, 0.3) is 17.2 Å². The molecule has 3 N–H and O–H groups in total. The summed E-state index contributed by atoms with van der Waals surface area (Å²) in [6.45, 7) is 5.83. The van der Waals surface area contributed by atoms with Crippen LogP contribution in [0.5, 0.6) is 0 Å². The topological polar surface area (TPSA) is 123 Å². The van der Waals surface area contributed by atoms with Crippen molar-refractivity contribution in [1.82, 2.24) is 4.90 Å². The van der Waals surface area contributed by atoms with Crippen LogP contribution in [0.15, 0.2) is 71.1 Å². The molecule has 0 fully saturated rings. The Balaban J connectivity index is 1.52. The number of rotatable bonds is 9. The maximum absolute atomic E-state index is 13.1. The minimum absolute atomic E-state index is 0.221. The normalized spacial score (nSPS) is 12.6. The molecule has 2 unspecified atom stereocenters. The zero-order valence-corrected chi connectivity index (χ0v) is 24.9. The highest BCUT2D eigenvalue weighted by Gasteiger charge is 2.32. The summed E-state index contributed by atoms with van der Waals surface area (Å²) < 4.78 is 28.7. The smallest absolute Gasteiger partial charge is 0.327 e. The lowest BCUT2D eigenvalue weighted by molar-refractivity contribution is -0.139. The van der Waals surface area contributed by atoms with Gasteiger partial charge in [-0.15, -0.1) is 0 Å². The van der Waals surface area contributed by atoms with E-state index in [0.717, 1.165) is 31.9 Å². The fraction of sp³-hybridized carbons (Fsp3) is 0.250. The third kappa shape index (κ3) is 6.71. The molecule has 1 amide bonds. The number of benzene rings is 3. The van der Waals surface area contributed by atoms with Gasteiger partial charge < -0.3 is 14.8 Å². The second kappa shape index (κ2) is 13.0. The molecule has 0 aliphatic heterocycles. The van der Waals surface area contributed by atoms with E-state index in [2.05, 4.69) is 17.2 Å². The number of nitrogens with zero attached hydrogens (tertiary/aromatic N) is 2. The van der Waals surface area contributed by atoms with Crippen molar-refractivity contribution in [1.29, 1.82) is 0 Å². The third-order valence-corrected chi connectivity index (χ3v) is 7.46. The van der Waals surface area contributed by atoms with E-state index in [1.165, 1.54) is 0 Å². The SMILES string of the molecule is Cc1c(C(=O)Nc2ccc(-c3ccc(N(C(C(=O)O)C(C)C)S(=O)O)cc3)cc2)oc2cccc(C#CCN(C)C)c12. The van der Waals surface area contributed by atoms with Gasteiger partial charge in [0.2, 0.25) is 0 Å². The van der Waals surface area contributed by atoms with Crippen molar-refractivity contribution in [2.45, 2.75) is 26.8 Å². The molecule has 4 rings (SSSR count). The molecule has 0 spiro atoms. The molecule has 0 saturated carbocycles. The summed E-state index contributed by atoms with van der Waals surface area (Å²) in [6.07, 6.45) is 0. The monoisotopic (exact) mass is 587 g/mol. The van der Waals surface area contributed by atoms with Gasteiger partial charge in [-0.3, -0.25) is 18.6 Å². The summed E-state index contributed by atoms with van der Waals surface area (Å²) in [5.74, 6) is 4.58. The van der Waals surface area contributed by atoms with Crippen LogP contribution >= 0.6 is 0 Å². The van der Waals surface area contributed by atoms with Gasteiger partial charge in [-0.05, 0) is 74.5 Å². The quantitative estimate of drug-likeness (QED) is 0.171. The van der Waals surface area contributed by atoms with E-state index < -0.39 is 29.2 Å². The number of anilines is 2. The van der Waals surface area contributed by atoms with Crippen molar-refractivity contribution in [3.8, 4) is 23.0 Å². The second-order valence-corrected chi connectivity index (χ2v) is 11.3. The van der Waals surface area contributed by atoms with Crippen LogP contribution in [0, 0.1) is 24.7 Å². The molecule has 0 aliphatic rings. The third-order valence-electron chi connectivity index (χ3n) is 6.68. The highest BCUT2D eigenvalue weighted by atomic mass is 32.2. The molecular weight excluding hydrogens is 554 g/mol. The molecule has 2 atom stereocenters. The molecule has 0 saturated heterocycles. The molecular formula is C32H33N3O6S. The molecule has 0 aliphatic carbocycles. The average molecular weight is 588 g/mol. The Morgan fingerprint density at radius 2 is 1.62 bits per heavy atom. The van der Waals surface area contributed by atoms with Crippen LogP contribution in [0.2, 0.25) is 0 Å². The van der Waals surface area contributed by atoms with Crippen molar-refractivity contribution < 1.29 is 27.9 Å². The van der Waals surface area contributed by atoms with Crippen LogP contribution < -0.4 is 9.62 Å². The number of aryl methyl sites for hydroxylation is 1. The van der Waals surface area contributed by atoms with Crippen LogP contribution in [-0.2, 0) is 16.1 Å². The first-order valence-electron chi connectivity index (χ1n) is 13.3. The Labute approximate surface area is 247 Å². The van der Waals surface area contributed by atoms with Crippen molar-refractivity contribution >= 4 is 45.5 Å². The molecule has 10 heteroatoms. The minimum atomic E-state index is -2.52. The van der Waals surface area contributed by atoms with Gasteiger partial charge >= 0.3 is 5.97 Å². The Morgan fingerprint density at radius 3 is 2.17 bits per heavy atom. The Bertz CT molecular complexity index is 1680. The maximum atomic E-state index is 13.1. The lowest BCUT2D eigenvalue weighted by atomic mass is 10.0. The molecule has 4 aromatic rings. The molecule has 0 radical (unpaired) electrons. The first-order valence-corrected chi connectivity index (χ1v) is 14.3. The number of hydrogen-bond donors (Lipinski definition) is 3. The molecule has 9 nitrogen and oxygen atoms in total. The van der Waals surface area contributed by atoms with Crippen LogP contribution in [0.25, 0.3) is 22.1 Å². The summed E-state index contributed by atoms with van der Waals surface area (Å²) in [7, 11) is 3.90. The fourth-order valence-electron chi connectivity index (χ4n) is 4.66. The average Bonchev–Trinajstić information content (AvgIpc) is 3.28.